The van der Waals surface area contributed by atoms with Crippen LogP contribution in [0.3, 0.4) is 0 Å². The summed E-state index contributed by atoms with van der Waals surface area (Å²) >= 11 is 9.66. The Morgan fingerprint density at radius 3 is 3.00 bits per heavy atom. The van der Waals surface area contributed by atoms with Crippen molar-refractivity contribution in [3.63, 3.8) is 0 Å². The van der Waals surface area contributed by atoms with E-state index in [1.165, 1.54) is 22.3 Å². The van der Waals surface area contributed by atoms with Gasteiger partial charge < -0.3 is 5.73 Å². The minimum atomic E-state index is -0.235. The predicted octanol–water partition coefficient (Wildman–Crippen LogP) is 4.57. The molecule has 1 aromatic carbocycles. The number of rotatable bonds is 3. The average molecular weight is 328 g/mol. The van der Waals surface area contributed by atoms with Gasteiger partial charge in [-0.15, -0.1) is 11.3 Å². The maximum absolute atomic E-state index is 13.8. The minimum Gasteiger partial charge on any atom is -0.323 e. The molecule has 1 nitrogen and oxygen atoms in total. The van der Waals surface area contributed by atoms with Crippen LogP contribution in [-0.4, -0.2) is 5.75 Å². The van der Waals surface area contributed by atoms with E-state index in [1.807, 2.05) is 11.8 Å². The van der Waals surface area contributed by atoms with Gasteiger partial charge in [-0.2, -0.15) is 11.8 Å². The van der Waals surface area contributed by atoms with Crippen LogP contribution >= 0.6 is 34.7 Å². The second-order valence-corrected chi connectivity index (χ2v) is 7.66. The predicted molar refractivity (Wildman–Crippen MR) is 86.2 cm³/mol. The summed E-state index contributed by atoms with van der Waals surface area (Å²) in [6.07, 6.45) is 1.61. The minimum absolute atomic E-state index is 0.163. The van der Waals surface area contributed by atoms with E-state index in [-0.39, 0.29) is 11.9 Å². The lowest BCUT2D eigenvalue weighted by molar-refractivity contribution is 0.595. The summed E-state index contributed by atoms with van der Waals surface area (Å²) in [5.74, 6) is 2.02. The third-order valence-corrected chi connectivity index (χ3v) is 6.07. The van der Waals surface area contributed by atoms with E-state index in [1.54, 1.807) is 23.5 Å². The third kappa shape index (κ3) is 3.03. The molecule has 0 aliphatic carbocycles. The van der Waals surface area contributed by atoms with Crippen LogP contribution in [0.5, 0.6) is 0 Å². The summed E-state index contributed by atoms with van der Waals surface area (Å²) in [5.41, 5.74) is 8.25. The summed E-state index contributed by atoms with van der Waals surface area (Å²) in [6.45, 7) is 0. The molecule has 5 heteroatoms. The molecular formula is C15H15ClFNS2. The van der Waals surface area contributed by atoms with Crippen molar-refractivity contribution in [2.75, 3.05) is 5.75 Å². The van der Waals surface area contributed by atoms with Gasteiger partial charge in [0.05, 0.1) is 0 Å². The highest BCUT2D eigenvalue weighted by atomic mass is 35.5. The number of halogens is 2. The van der Waals surface area contributed by atoms with Gasteiger partial charge in [0.1, 0.15) is 5.82 Å². The normalized spacial score (nSPS) is 15.9. The topological polar surface area (TPSA) is 26.0 Å². The molecule has 2 aromatic rings. The van der Waals surface area contributed by atoms with Crippen LogP contribution in [0.2, 0.25) is 5.02 Å². The maximum atomic E-state index is 13.8. The van der Waals surface area contributed by atoms with Crippen molar-refractivity contribution in [1.82, 2.24) is 0 Å². The van der Waals surface area contributed by atoms with Gasteiger partial charge in [-0.3, -0.25) is 0 Å². The van der Waals surface area contributed by atoms with Gasteiger partial charge in [-0.1, -0.05) is 11.6 Å². The number of thiophene rings is 1. The molecule has 20 heavy (non-hydrogen) atoms. The first-order chi connectivity index (χ1) is 9.63. The first-order valence-electron chi connectivity index (χ1n) is 6.52. The van der Waals surface area contributed by atoms with E-state index in [4.69, 9.17) is 17.3 Å². The molecular weight excluding hydrogens is 313 g/mol. The first-order valence-corrected chi connectivity index (χ1v) is 8.87. The van der Waals surface area contributed by atoms with Crippen LogP contribution in [0, 0.1) is 5.82 Å². The molecule has 0 radical (unpaired) electrons. The molecule has 3 rings (SSSR count). The Morgan fingerprint density at radius 1 is 1.35 bits per heavy atom. The Balaban J connectivity index is 1.80. The molecule has 2 heterocycles. The fraction of sp³-hybridized carbons (Fsp3) is 0.333. The molecule has 0 spiro atoms. The molecule has 0 bridgehead atoms. The average Bonchev–Trinajstić information content (AvgIpc) is 2.87. The van der Waals surface area contributed by atoms with Gasteiger partial charge in [-0.25, -0.2) is 4.39 Å². The standard InChI is InChI=1S/C15H15ClFNS2/c16-11-1-2-12(17)9(5-11)6-13(18)15-7-10-8-19-4-3-14(10)20-15/h1-2,5,7,13H,3-4,6,8,18H2. The maximum Gasteiger partial charge on any atom is 0.126 e. The molecule has 1 aliphatic heterocycles. The largest absolute Gasteiger partial charge is 0.323 e. The van der Waals surface area contributed by atoms with Crippen LogP contribution < -0.4 is 5.73 Å². The lowest BCUT2D eigenvalue weighted by Gasteiger charge is -2.10. The fourth-order valence-electron chi connectivity index (χ4n) is 2.39. The van der Waals surface area contributed by atoms with Crippen molar-refractivity contribution in [3.8, 4) is 0 Å². The first kappa shape index (κ1) is 14.4. The van der Waals surface area contributed by atoms with E-state index in [2.05, 4.69) is 6.07 Å². The molecule has 0 saturated heterocycles. The zero-order chi connectivity index (χ0) is 14.1. The zero-order valence-electron chi connectivity index (χ0n) is 10.9. The molecule has 1 unspecified atom stereocenters. The quantitative estimate of drug-likeness (QED) is 0.893. The Kier molecular flexibility index (Phi) is 4.36. The highest BCUT2D eigenvalue weighted by molar-refractivity contribution is 7.98. The molecule has 1 atom stereocenters. The number of fused-ring (bicyclic) bond motifs is 1. The lowest BCUT2D eigenvalue weighted by Crippen LogP contribution is -2.12. The monoisotopic (exact) mass is 327 g/mol. The number of benzene rings is 1. The van der Waals surface area contributed by atoms with Crippen LogP contribution in [0.1, 0.15) is 26.9 Å². The fourth-order valence-corrected chi connectivity index (χ4v) is 4.96. The van der Waals surface area contributed by atoms with E-state index < -0.39 is 0 Å². The third-order valence-electron chi connectivity index (χ3n) is 3.46. The van der Waals surface area contributed by atoms with Gasteiger partial charge in [0.2, 0.25) is 0 Å². The Morgan fingerprint density at radius 2 is 2.20 bits per heavy atom. The Hall–Kier alpha value is -0.550. The highest BCUT2D eigenvalue weighted by Crippen LogP contribution is 2.35. The van der Waals surface area contributed by atoms with Crippen molar-refractivity contribution in [2.45, 2.75) is 24.6 Å². The highest BCUT2D eigenvalue weighted by Gasteiger charge is 2.18. The summed E-state index contributed by atoms with van der Waals surface area (Å²) in [7, 11) is 0. The summed E-state index contributed by atoms with van der Waals surface area (Å²) in [4.78, 5) is 2.60. The van der Waals surface area contributed by atoms with Crippen molar-refractivity contribution in [1.29, 1.82) is 0 Å². The van der Waals surface area contributed by atoms with E-state index in [0.717, 1.165) is 17.1 Å². The molecule has 106 valence electrons. The number of aryl methyl sites for hydroxylation is 1. The van der Waals surface area contributed by atoms with Gasteiger partial charge in [0.25, 0.3) is 0 Å². The Labute approximate surface area is 131 Å². The number of nitrogens with two attached hydrogens (primary N) is 1. The summed E-state index contributed by atoms with van der Waals surface area (Å²) in [6, 6.07) is 6.66. The second-order valence-electron chi connectivity index (χ2n) is 4.95. The van der Waals surface area contributed by atoms with Crippen molar-refractivity contribution < 1.29 is 4.39 Å². The summed E-state index contributed by atoms with van der Waals surface area (Å²) in [5, 5.41) is 0.551. The molecule has 0 amide bonds. The Bertz CT molecular complexity index is 603. The van der Waals surface area contributed by atoms with Crippen LogP contribution in [0.25, 0.3) is 0 Å². The molecule has 1 aliphatic rings. The number of hydrogen-bond acceptors (Lipinski definition) is 3. The smallest absolute Gasteiger partial charge is 0.126 e. The summed E-state index contributed by atoms with van der Waals surface area (Å²) < 4.78 is 13.8. The van der Waals surface area contributed by atoms with Crippen molar-refractivity contribution in [2.24, 2.45) is 5.73 Å². The van der Waals surface area contributed by atoms with E-state index in [0.29, 0.717) is 17.0 Å². The van der Waals surface area contributed by atoms with Crippen molar-refractivity contribution >= 4 is 34.7 Å². The lowest BCUT2D eigenvalue weighted by atomic mass is 10.0. The van der Waals surface area contributed by atoms with Gasteiger partial charge in [0.15, 0.2) is 0 Å². The molecule has 2 N–H and O–H groups in total. The van der Waals surface area contributed by atoms with Crippen LogP contribution in [-0.2, 0) is 18.6 Å². The second kappa shape index (κ2) is 6.06. The van der Waals surface area contributed by atoms with Crippen LogP contribution in [0.4, 0.5) is 4.39 Å². The molecule has 1 aromatic heterocycles. The van der Waals surface area contributed by atoms with Gasteiger partial charge in [0, 0.05) is 26.6 Å². The van der Waals surface area contributed by atoms with E-state index in [9.17, 15) is 4.39 Å². The van der Waals surface area contributed by atoms with E-state index >= 15 is 0 Å². The molecule has 0 fully saturated rings. The SMILES string of the molecule is NC(Cc1cc(Cl)ccc1F)c1cc2c(s1)CCSC2. The van der Waals surface area contributed by atoms with Gasteiger partial charge in [-0.05, 0) is 54.0 Å². The molecule has 0 saturated carbocycles. The number of thioether (sulfide) groups is 1. The van der Waals surface area contributed by atoms with Crippen molar-refractivity contribution in [3.05, 3.63) is 56.0 Å². The van der Waals surface area contributed by atoms with Gasteiger partial charge >= 0.3 is 0 Å². The van der Waals surface area contributed by atoms with Crippen LogP contribution in [0.15, 0.2) is 24.3 Å². The zero-order valence-corrected chi connectivity index (χ0v) is 13.3. The number of hydrogen-bond donors (Lipinski definition) is 1.